The fourth-order valence-corrected chi connectivity index (χ4v) is 1.80. The van der Waals surface area contributed by atoms with E-state index in [0.717, 1.165) is 18.7 Å². The van der Waals surface area contributed by atoms with Crippen LogP contribution in [0.5, 0.6) is 0 Å². The van der Waals surface area contributed by atoms with Gasteiger partial charge in [-0.15, -0.1) is 0 Å². The Morgan fingerprint density at radius 3 is 2.74 bits per heavy atom. The van der Waals surface area contributed by atoms with Crippen LogP contribution in [0.4, 0.5) is 0 Å². The number of amides is 1. The van der Waals surface area contributed by atoms with E-state index in [1.165, 1.54) is 0 Å². The predicted molar refractivity (Wildman–Crippen MR) is 78.7 cm³/mol. The Morgan fingerprint density at radius 2 is 2.16 bits per heavy atom. The zero-order valence-electron chi connectivity index (χ0n) is 12.0. The first kappa shape index (κ1) is 15.9. The number of pyridine rings is 1. The maximum atomic E-state index is 12.0. The van der Waals surface area contributed by atoms with Crippen molar-refractivity contribution in [2.24, 2.45) is 0 Å². The second kappa shape index (κ2) is 7.46. The van der Waals surface area contributed by atoms with E-state index in [1.54, 1.807) is 12.1 Å². The molecule has 106 valence electrons. The van der Waals surface area contributed by atoms with Crippen LogP contribution in [0, 0.1) is 0 Å². The highest BCUT2D eigenvalue weighted by molar-refractivity contribution is 6.29. The normalized spacial score (nSPS) is 11.1. The number of hydrogen-bond donors (Lipinski definition) is 1. The van der Waals surface area contributed by atoms with Crippen LogP contribution < -0.4 is 5.32 Å². The zero-order chi connectivity index (χ0) is 14.4. The van der Waals surface area contributed by atoms with Gasteiger partial charge in [-0.3, -0.25) is 4.79 Å². The Morgan fingerprint density at radius 1 is 1.47 bits per heavy atom. The Labute approximate surface area is 120 Å². The molecule has 0 spiro atoms. The van der Waals surface area contributed by atoms with E-state index < -0.39 is 0 Å². The number of halogens is 1. The molecule has 0 atom stereocenters. The van der Waals surface area contributed by atoms with Gasteiger partial charge in [0.15, 0.2) is 0 Å². The largest absolute Gasteiger partial charge is 0.351 e. The van der Waals surface area contributed by atoms with Gasteiger partial charge in [-0.05, 0) is 39.4 Å². The first-order chi connectivity index (χ1) is 8.93. The van der Waals surface area contributed by atoms with Crippen molar-refractivity contribution in [1.29, 1.82) is 0 Å². The van der Waals surface area contributed by atoms with Gasteiger partial charge < -0.3 is 10.2 Å². The predicted octanol–water partition coefficient (Wildman–Crippen LogP) is 2.37. The summed E-state index contributed by atoms with van der Waals surface area (Å²) in [4.78, 5) is 18.3. The highest BCUT2D eigenvalue weighted by Crippen LogP contribution is 2.11. The average Bonchev–Trinajstić information content (AvgIpc) is 2.37. The highest BCUT2D eigenvalue weighted by Gasteiger charge is 2.09. The zero-order valence-corrected chi connectivity index (χ0v) is 12.8. The Bertz CT molecular complexity index is 435. The Hall–Kier alpha value is -1.13. The van der Waals surface area contributed by atoms with Gasteiger partial charge in [0.2, 0.25) is 0 Å². The first-order valence-corrected chi connectivity index (χ1v) is 6.96. The molecule has 0 aliphatic carbocycles. The van der Waals surface area contributed by atoms with Crippen molar-refractivity contribution >= 4 is 17.5 Å². The second-order valence-electron chi connectivity index (χ2n) is 4.85. The lowest BCUT2D eigenvalue weighted by Gasteiger charge is -2.20. The first-order valence-electron chi connectivity index (χ1n) is 6.59. The molecule has 1 heterocycles. The van der Waals surface area contributed by atoms with Crippen molar-refractivity contribution in [3.63, 3.8) is 0 Å². The average molecular weight is 284 g/mol. The summed E-state index contributed by atoms with van der Waals surface area (Å²) in [6, 6.07) is 3.86. The van der Waals surface area contributed by atoms with E-state index in [0.29, 0.717) is 23.3 Å². The van der Waals surface area contributed by atoms with Crippen molar-refractivity contribution in [2.45, 2.75) is 33.2 Å². The molecule has 1 aromatic heterocycles. The molecule has 0 saturated heterocycles. The molecule has 19 heavy (non-hydrogen) atoms. The smallest absolute Gasteiger partial charge is 0.251 e. The lowest BCUT2D eigenvalue weighted by molar-refractivity contribution is 0.0948. The van der Waals surface area contributed by atoms with Crippen molar-refractivity contribution in [2.75, 3.05) is 20.1 Å². The van der Waals surface area contributed by atoms with E-state index in [-0.39, 0.29) is 5.91 Å². The number of hydrogen-bond acceptors (Lipinski definition) is 3. The van der Waals surface area contributed by atoms with Crippen LogP contribution in [0.3, 0.4) is 0 Å². The fraction of sp³-hybridized carbons (Fsp3) is 0.571. The number of carbonyl (C=O) groups excluding carboxylic acids is 1. The van der Waals surface area contributed by atoms with Gasteiger partial charge >= 0.3 is 0 Å². The molecule has 1 aromatic rings. The topological polar surface area (TPSA) is 45.2 Å². The quantitative estimate of drug-likeness (QED) is 0.815. The molecule has 0 aromatic carbocycles. The third-order valence-electron chi connectivity index (χ3n) is 3.10. The molecule has 0 unspecified atom stereocenters. The number of carbonyl (C=O) groups is 1. The Balaban J connectivity index is 2.56. The number of likely N-dealkylation sites (N-methyl/N-ethyl adjacent to an activating group) is 1. The molecule has 5 heteroatoms. The van der Waals surface area contributed by atoms with E-state index in [9.17, 15) is 4.79 Å². The third kappa shape index (κ3) is 5.17. The summed E-state index contributed by atoms with van der Waals surface area (Å²) in [5.74, 6) is -0.101. The van der Waals surface area contributed by atoms with Crippen molar-refractivity contribution < 1.29 is 4.79 Å². The number of nitrogens with one attached hydrogen (secondary N) is 1. The minimum absolute atomic E-state index is 0.101. The monoisotopic (exact) mass is 283 g/mol. The van der Waals surface area contributed by atoms with Gasteiger partial charge in [0, 0.05) is 30.4 Å². The number of rotatable bonds is 6. The maximum absolute atomic E-state index is 12.0. The number of aromatic nitrogens is 1. The second-order valence-corrected chi connectivity index (χ2v) is 5.24. The van der Waals surface area contributed by atoms with Gasteiger partial charge in [0.05, 0.1) is 0 Å². The summed E-state index contributed by atoms with van der Waals surface area (Å²) in [6.45, 7) is 7.67. The van der Waals surface area contributed by atoms with Crippen LogP contribution in [-0.4, -0.2) is 42.0 Å². The molecule has 0 saturated carbocycles. The van der Waals surface area contributed by atoms with Crippen LogP contribution >= 0.6 is 11.6 Å². The van der Waals surface area contributed by atoms with E-state index in [2.05, 4.69) is 29.0 Å². The summed E-state index contributed by atoms with van der Waals surface area (Å²) < 4.78 is 0. The fourth-order valence-electron chi connectivity index (χ4n) is 1.57. The van der Waals surface area contributed by atoms with Gasteiger partial charge in [-0.1, -0.05) is 18.5 Å². The van der Waals surface area contributed by atoms with Crippen LogP contribution in [0.2, 0.25) is 5.15 Å². The van der Waals surface area contributed by atoms with Gasteiger partial charge in [0.25, 0.3) is 5.91 Å². The summed E-state index contributed by atoms with van der Waals surface area (Å²) >= 11 is 5.90. The van der Waals surface area contributed by atoms with Gasteiger partial charge in [-0.25, -0.2) is 4.98 Å². The molecule has 0 radical (unpaired) electrons. The number of aryl methyl sites for hydroxylation is 1. The molecule has 4 nitrogen and oxygen atoms in total. The summed E-state index contributed by atoms with van der Waals surface area (Å²) in [5.41, 5.74) is 1.40. The Kier molecular flexibility index (Phi) is 6.25. The van der Waals surface area contributed by atoms with Crippen molar-refractivity contribution in [1.82, 2.24) is 15.2 Å². The van der Waals surface area contributed by atoms with Crippen molar-refractivity contribution in [3.05, 3.63) is 28.5 Å². The van der Waals surface area contributed by atoms with E-state index >= 15 is 0 Å². The molecule has 0 aliphatic rings. The standard InChI is InChI=1S/C14H22ClN3O/c1-5-12-8-11(9-13(15)17-12)14(19)16-6-7-18(4)10(2)3/h8-10H,5-7H2,1-4H3,(H,16,19). The summed E-state index contributed by atoms with van der Waals surface area (Å²) in [6.07, 6.45) is 0.761. The van der Waals surface area contributed by atoms with Crippen LogP contribution in [0.1, 0.15) is 36.8 Å². The number of nitrogens with zero attached hydrogens (tertiary/aromatic N) is 2. The van der Waals surface area contributed by atoms with Gasteiger partial charge in [-0.2, -0.15) is 0 Å². The van der Waals surface area contributed by atoms with E-state index in [1.807, 2.05) is 14.0 Å². The highest BCUT2D eigenvalue weighted by atomic mass is 35.5. The molecular weight excluding hydrogens is 262 g/mol. The van der Waals surface area contributed by atoms with Crippen LogP contribution in [-0.2, 0) is 6.42 Å². The molecular formula is C14H22ClN3O. The maximum Gasteiger partial charge on any atom is 0.251 e. The molecule has 1 amide bonds. The lowest BCUT2D eigenvalue weighted by atomic mass is 10.2. The summed E-state index contributed by atoms with van der Waals surface area (Å²) in [7, 11) is 2.04. The van der Waals surface area contributed by atoms with E-state index in [4.69, 9.17) is 11.6 Å². The van der Waals surface area contributed by atoms with Crippen molar-refractivity contribution in [3.8, 4) is 0 Å². The molecule has 0 bridgehead atoms. The van der Waals surface area contributed by atoms with Crippen LogP contribution in [0.25, 0.3) is 0 Å². The molecule has 1 rings (SSSR count). The lowest BCUT2D eigenvalue weighted by Crippen LogP contribution is -2.36. The third-order valence-corrected chi connectivity index (χ3v) is 3.30. The molecule has 1 N–H and O–H groups in total. The molecule has 0 aliphatic heterocycles. The SMILES string of the molecule is CCc1cc(C(=O)NCCN(C)C(C)C)cc(Cl)n1. The minimum atomic E-state index is -0.101. The van der Waals surface area contributed by atoms with Crippen LogP contribution in [0.15, 0.2) is 12.1 Å². The minimum Gasteiger partial charge on any atom is -0.351 e. The molecule has 0 fully saturated rings. The summed E-state index contributed by atoms with van der Waals surface area (Å²) in [5, 5.41) is 3.26. The van der Waals surface area contributed by atoms with Gasteiger partial charge in [0.1, 0.15) is 5.15 Å².